The van der Waals surface area contributed by atoms with Crippen molar-refractivity contribution in [1.82, 2.24) is 0 Å². The number of ether oxygens (including phenoxy) is 1. The summed E-state index contributed by atoms with van der Waals surface area (Å²) in [5, 5.41) is 0. The second-order valence-electron chi connectivity index (χ2n) is 3.72. The summed E-state index contributed by atoms with van der Waals surface area (Å²) >= 11 is 0. The van der Waals surface area contributed by atoms with E-state index in [-0.39, 0.29) is 0 Å². The molecule has 82 valence electrons. The molecular weight excluding hydrogens is 172 g/mol. The van der Waals surface area contributed by atoms with Gasteiger partial charge in [0.15, 0.2) is 0 Å². The molecule has 0 bridgehead atoms. The minimum Gasteiger partial charge on any atom is -0.501 e. The van der Waals surface area contributed by atoms with Crippen LogP contribution in [-0.2, 0) is 4.74 Å². The molecule has 0 saturated carbocycles. The van der Waals surface area contributed by atoms with Crippen molar-refractivity contribution in [2.45, 2.75) is 47.5 Å². The summed E-state index contributed by atoms with van der Waals surface area (Å²) < 4.78 is 5.45. The molecule has 0 unspecified atom stereocenters. The largest absolute Gasteiger partial charge is 0.501 e. The Morgan fingerprint density at radius 2 is 1.79 bits per heavy atom. The molecule has 0 aromatic carbocycles. The topological polar surface area (TPSA) is 9.23 Å². The van der Waals surface area contributed by atoms with Gasteiger partial charge in [0, 0.05) is 6.42 Å². The molecule has 1 heteroatoms. The molecule has 0 N–H and O–H groups in total. The molecule has 0 heterocycles. The zero-order chi connectivity index (χ0) is 11.1. The molecule has 14 heavy (non-hydrogen) atoms. The number of rotatable bonds is 5. The minimum atomic E-state index is 0.538. The Balaban J connectivity index is 5.20. The quantitative estimate of drug-likeness (QED) is 0.470. The molecular formula is C13H24O. The fourth-order valence-corrected chi connectivity index (χ4v) is 1.87. The number of hydrogen-bond donors (Lipinski definition) is 0. The van der Waals surface area contributed by atoms with Crippen molar-refractivity contribution < 1.29 is 4.74 Å². The van der Waals surface area contributed by atoms with Crippen molar-refractivity contribution in [3.8, 4) is 0 Å². The number of methoxy groups -OCH3 is 1. The van der Waals surface area contributed by atoms with E-state index >= 15 is 0 Å². The highest BCUT2D eigenvalue weighted by Crippen LogP contribution is 2.27. The predicted molar refractivity (Wildman–Crippen MR) is 63.2 cm³/mol. The zero-order valence-electron chi connectivity index (χ0n) is 10.5. The van der Waals surface area contributed by atoms with Crippen LogP contribution in [0.3, 0.4) is 0 Å². The normalized spacial score (nSPS) is 14.4. The van der Waals surface area contributed by atoms with Crippen molar-refractivity contribution in [2.24, 2.45) is 5.92 Å². The van der Waals surface area contributed by atoms with Gasteiger partial charge in [-0.3, -0.25) is 0 Å². The van der Waals surface area contributed by atoms with E-state index in [1.165, 1.54) is 11.1 Å². The van der Waals surface area contributed by atoms with E-state index in [0.717, 1.165) is 18.6 Å². The molecule has 0 fully saturated rings. The first-order valence-corrected chi connectivity index (χ1v) is 5.54. The van der Waals surface area contributed by atoms with Gasteiger partial charge in [0.1, 0.15) is 0 Å². The smallest absolute Gasteiger partial charge is 0.0989 e. The summed E-state index contributed by atoms with van der Waals surface area (Å²) in [6, 6.07) is 0. The fraction of sp³-hybridized carbons (Fsp3) is 0.692. The molecule has 0 atom stereocenters. The molecule has 0 aliphatic carbocycles. The van der Waals surface area contributed by atoms with Crippen molar-refractivity contribution in [2.75, 3.05) is 7.11 Å². The summed E-state index contributed by atoms with van der Waals surface area (Å²) in [6.07, 6.45) is 4.25. The first kappa shape index (κ1) is 13.3. The van der Waals surface area contributed by atoms with Crippen LogP contribution in [0.1, 0.15) is 47.5 Å². The highest BCUT2D eigenvalue weighted by atomic mass is 16.5. The summed E-state index contributed by atoms with van der Waals surface area (Å²) in [7, 11) is 1.77. The lowest BCUT2D eigenvalue weighted by Crippen LogP contribution is -2.04. The average Bonchev–Trinajstić information content (AvgIpc) is 2.18. The zero-order valence-corrected chi connectivity index (χ0v) is 10.5. The van der Waals surface area contributed by atoms with Crippen LogP contribution < -0.4 is 0 Å². The van der Waals surface area contributed by atoms with Gasteiger partial charge in [-0.2, -0.15) is 0 Å². The predicted octanol–water partition coefficient (Wildman–Crippen LogP) is 4.31. The molecule has 0 aromatic heterocycles. The maximum atomic E-state index is 5.45. The highest BCUT2D eigenvalue weighted by molar-refractivity contribution is 5.34. The van der Waals surface area contributed by atoms with Crippen LogP contribution in [0.5, 0.6) is 0 Å². The molecule has 0 radical (unpaired) electrons. The van der Waals surface area contributed by atoms with Crippen LogP contribution in [0.15, 0.2) is 23.0 Å². The monoisotopic (exact) mass is 196 g/mol. The van der Waals surface area contributed by atoms with Crippen LogP contribution in [0.25, 0.3) is 0 Å². The van der Waals surface area contributed by atoms with Gasteiger partial charge in [-0.1, -0.05) is 33.8 Å². The van der Waals surface area contributed by atoms with Gasteiger partial charge in [-0.15, -0.1) is 0 Å². The van der Waals surface area contributed by atoms with Crippen molar-refractivity contribution in [3.05, 3.63) is 23.0 Å². The van der Waals surface area contributed by atoms with Gasteiger partial charge in [0.25, 0.3) is 0 Å². The van der Waals surface area contributed by atoms with Crippen molar-refractivity contribution >= 4 is 0 Å². The van der Waals surface area contributed by atoms with Gasteiger partial charge in [0.05, 0.1) is 12.9 Å². The molecule has 0 aromatic rings. The minimum absolute atomic E-state index is 0.538. The lowest BCUT2D eigenvalue weighted by molar-refractivity contribution is 0.272. The first-order valence-electron chi connectivity index (χ1n) is 5.54. The van der Waals surface area contributed by atoms with Crippen LogP contribution in [0.4, 0.5) is 0 Å². The van der Waals surface area contributed by atoms with E-state index in [2.05, 4.69) is 40.7 Å². The Morgan fingerprint density at radius 1 is 1.21 bits per heavy atom. The maximum absolute atomic E-state index is 5.45. The van der Waals surface area contributed by atoms with Gasteiger partial charge < -0.3 is 4.74 Å². The van der Waals surface area contributed by atoms with E-state index in [1.807, 2.05) is 0 Å². The van der Waals surface area contributed by atoms with E-state index in [9.17, 15) is 0 Å². The first-order chi connectivity index (χ1) is 6.62. The fourth-order valence-electron chi connectivity index (χ4n) is 1.87. The van der Waals surface area contributed by atoms with Crippen LogP contribution in [0.2, 0.25) is 0 Å². The Bertz CT molecular complexity index is 215. The molecule has 0 aliphatic rings. The Kier molecular flexibility index (Phi) is 6.35. The standard InChI is InChI=1S/C13H24O/c1-7-11(8-2)13(10(4)5)12(9-3)14-6/h7,10H,8-9H2,1-6H3/b11-7+,13-12-. The van der Waals surface area contributed by atoms with Crippen LogP contribution in [0, 0.1) is 5.92 Å². The van der Waals surface area contributed by atoms with Gasteiger partial charge in [-0.05, 0) is 30.4 Å². The maximum Gasteiger partial charge on any atom is 0.0989 e. The van der Waals surface area contributed by atoms with E-state index in [0.29, 0.717) is 5.92 Å². The molecule has 0 saturated heterocycles. The van der Waals surface area contributed by atoms with Gasteiger partial charge in [-0.25, -0.2) is 0 Å². The van der Waals surface area contributed by atoms with E-state index in [1.54, 1.807) is 7.11 Å². The highest BCUT2D eigenvalue weighted by Gasteiger charge is 2.13. The summed E-state index contributed by atoms with van der Waals surface area (Å²) in [4.78, 5) is 0. The van der Waals surface area contributed by atoms with Crippen LogP contribution in [-0.4, -0.2) is 7.11 Å². The summed E-state index contributed by atoms with van der Waals surface area (Å²) in [5.41, 5.74) is 2.80. The Labute approximate surface area is 88.9 Å². The molecule has 0 aliphatic heterocycles. The SMILES string of the molecule is C/C=C(CC)/C(=C(/CC)OC)C(C)C. The Morgan fingerprint density at radius 3 is 2.00 bits per heavy atom. The summed E-state index contributed by atoms with van der Waals surface area (Å²) in [5.74, 6) is 1.67. The van der Waals surface area contributed by atoms with Gasteiger partial charge in [0.2, 0.25) is 0 Å². The van der Waals surface area contributed by atoms with Gasteiger partial charge >= 0.3 is 0 Å². The number of allylic oxidation sites excluding steroid dienone is 4. The van der Waals surface area contributed by atoms with Crippen LogP contribution >= 0.6 is 0 Å². The lowest BCUT2D eigenvalue weighted by Gasteiger charge is -2.18. The second-order valence-corrected chi connectivity index (χ2v) is 3.72. The molecule has 1 nitrogen and oxygen atoms in total. The van der Waals surface area contributed by atoms with E-state index in [4.69, 9.17) is 4.74 Å². The summed E-state index contributed by atoms with van der Waals surface area (Å²) in [6.45, 7) is 10.9. The molecule has 0 rings (SSSR count). The van der Waals surface area contributed by atoms with Crippen molar-refractivity contribution in [1.29, 1.82) is 0 Å². The second kappa shape index (κ2) is 6.69. The molecule has 0 spiro atoms. The average molecular weight is 196 g/mol. The molecule has 0 amide bonds. The Hall–Kier alpha value is -0.720. The third-order valence-corrected chi connectivity index (χ3v) is 2.52. The van der Waals surface area contributed by atoms with E-state index < -0.39 is 0 Å². The third kappa shape index (κ3) is 3.21. The third-order valence-electron chi connectivity index (χ3n) is 2.52. The van der Waals surface area contributed by atoms with Crippen molar-refractivity contribution in [3.63, 3.8) is 0 Å². The lowest BCUT2D eigenvalue weighted by atomic mass is 9.91. The number of hydrogen-bond acceptors (Lipinski definition) is 1.